The number of esters is 1. The first-order chi connectivity index (χ1) is 32.8. The first kappa shape index (κ1) is 76.8. The van der Waals surface area contributed by atoms with Gasteiger partial charge in [0.1, 0.15) is 12.2 Å². The zero-order valence-electron chi connectivity index (χ0n) is 49.9. The van der Waals surface area contributed by atoms with E-state index in [9.17, 15) is 4.79 Å². The first-order valence-electron chi connectivity index (χ1n) is 27.0. The third kappa shape index (κ3) is 50.9. The molecule has 0 spiro atoms. The van der Waals surface area contributed by atoms with Crippen LogP contribution < -0.4 is 0 Å². The lowest BCUT2D eigenvalue weighted by Gasteiger charge is -2.24. The van der Waals surface area contributed by atoms with E-state index in [0.717, 1.165) is 47.9 Å². The van der Waals surface area contributed by atoms with Crippen LogP contribution in [0.5, 0.6) is 0 Å². The number of hydrogen-bond donors (Lipinski definition) is 1. The Morgan fingerprint density at radius 2 is 0.889 bits per heavy atom. The van der Waals surface area contributed by atoms with E-state index in [1.54, 1.807) is 0 Å². The van der Waals surface area contributed by atoms with Crippen molar-refractivity contribution in [1.29, 1.82) is 0 Å². The van der Waals surface area contributed by atoms with E-state index in [1.807, 2.05) is 99.6 Å². The van der Waals surface area contributed by atoms with E-state index < -0.39 is 0 Å². The number of hydrogen-bond acceptors (Lipinski definition) is 8. The van der Waals surface area contributed by atoms with Crippen LogP contribution in [0, 0.1) is 53.3 Å². The van der Waals surface area contributed by atoms with E-state index in [1.165, 1.54) is 63.4 Å². The Bertz CT molecular complexity index is 1530. The first-order valence-corrected chi connectivity index (χ1v) is 27.0. The fourth-order valence-electron chi connectivity index (χ4n) is 5.51. The lowest BCUT2D eigenvalue weighted by Crippen LogP contribution is -2.19. The molecule has 0 aromatic heterocycles. The fourth-order valence-corrected chi connectivity index (χ4v) is 5.51. The molecule has 0 unspecified atom stereocenters. The minimum absolute atomic E-state index is 0. The van der Waals surface area contributed by atoms with Gasteiger partial charge in [-0.15, -0.1) is 0 Å². The molecule has 2 saturated carbocycles. The summed E-state index contributed by atoms with van der Waals surface area (Å²) in [5.41, 5.74) is 1.09. The average Bonchev–Trinajstić information content (AvgIpc) is 3.81. The summed E-state index contributed by atoms with van der Waals surface area (Å²) in [4.78, 5) is 11.2. The van der Waals surface area contributed by atoms with Gasteiger partial charge in [-0.3, -0.25) is 4.79 Å². The normalized spacial score (nSPS) is 13.1. The van der Waals surface area contributed by atoms with Gasteiger partial charge in [-0.2, -0.15) is 0 Å². The number of carbonyl (C=O) groups is 1. The molecule has 3 rings (SSSR count). The minimum Gasteiger partial charge on any atom is -0.513 e. The van der Waals surface area contributed by atoms with Crippen LogP contribution >= 0.6 is 0 Å². The third-order valence-electron chi connectivity index (χ3n) is 10.9. The minimum atomic E-state index is -0.0959. The van der Waals surface area contributed by atoms with Gasteiger partial charge in [-0.05, 0) is 84.6 Å². The molecule has 0 heterocycles. The van der Waals surface area contributed by atoms with E-state index in [-0.39, 0.29) is 42.7 Å². The van der Waals surface area contributed by atoms with Gasteiger partial charge in [0, 0.05) is 35.5 Å². The maximum atomic E-state index is 11.2. The van der Waals surface area contributed by atoms with Crippen molar-refractivity contribution in [2.24, 2.45) is 53.3 Å². The number of aliphatic hydroxyl groups is 1. The van der Waals surface area contributed by atoms with Crippen molar-refractivity contribution in [3.63, 3.8) is 0 Å². The van der Waals surface area contributed by atoms with Gasteiger partial charge < -0.3 is 33.5 Å². The molecule has 0 aliphatic heterocycles. The van der Waals surface area contributed by atoms with Gasteiger partial charge in [0.05, 0.1) is 66.4 Å². The zero-order chi connectivity index (χ0) is 55.9. The fraction of sp³-hybridized carbons (Fsp3) is 0.703. The highest BCUT2D eigenvalue weighted by Gasteiger charge is 2.18. The molecular weight excluding hydrogens is 897 g/mol. The number of aliphatic hydroxyl groups excluding tert-OH is 1. The van der Waals surface area contributed by atoms with Crippen molar-refractivity contribution in [3.05, 3.63) is 110 Å². The van der Waals surface area contributed by atoms with Crippen molar-refractivity contribution in [2.45, 2.75) is 222 Å². The monoisotopic (exact) mass is 1010 g/mol. The third-order valence-corrected chi connectivity index (χ3v) is 10.9. The van der Waals surface area contributed by atoms with Crippen molar-refractivity contribution < 1.29 is 38.3 Å². The Labute approximate surface area is 447 Å². The molecule has 0 saturated heterocycles. The van der Waals surface area contributed by atoms with Crippen LogP contribution in [-0.2, 0) is 39.8 Å². The average molecular weight is 1020 g/mol. The standard InChI is InChI=1S/C12H16O.C11H20O2.C11H20O.C9H18O.C8H16O.C7H14O.C5H10O.CH4/c1-10(2)11(3)13-9-12-7-5-4-6-8-12;1-9(2)11(12)13-8-10-6-4-3-5-7-10;1-9(2)10(3)12-8-11-6-4-5-7-11;1-7(2)8(3)10-9(4,5)6;1-6(2)8(5)9-7(3)4;1-5-8-7(4)6(2)3;1-4(2)5(3)6;/h4-8,10H,3,9H2,1-2H3;9-10H,3-8H2,1-2H3;9,11H,3-8H2,1-2H3;7H,3H2,1-2,4-6H3;6-7H,5H2,1-4H3;6H,4-5H2,1-3H3;4,6H,3H2,1-2H3;1H4. The summed E-state index contributed by atoms with van der Waals surface area (Å²) in [6.07, 6.45) is 12.2. The van der Waals surface area contributed by atoms with Crippen LogP contribution in [0.4, 0.5) is 0 Å². The highest BCUT2D eigenvalue weighted by Crippen LogP contribution is 2.26. The Balaban J connectivity index is -0.000000245. The second-order valence-corrected chi connectivity index (χ2v) is 22.1. The van der Waals surface area contributed by atoms with Gasteiger partial charge in [-0.1, -0.05) is 206 Å². The number of rotatable bonds is 20. The van der Waals surface area contributed by atoms with Crippen LogP contribution in [0.3, 0.4) is 0 Å². The van der Waals surface area contributed by atoms with Crippen LogP contribution in [0.25, 0.3) is 0 Å². The number of carbonyl (C=O) groups excluding carboxylic acids is 1. The maximum Gasteiger partial charge on any atom is 0.308 e. The summed E-state index contributed by atoms with van der Waals surface area (Å²) >= 11 is 0. The second kappa shape index (κ2) is 45.5. The predicted molar refractivity (Wildman–Crippen MR) is 313 cm³/mol. The van der Waals surface area contributed by atoms with Crippen LogP contribution in [0.15, 0.2) is 104 Å². The molecule has 422 valence electrons. The van der Waals surface area contributed by atoms with Gasteiger partial charge in [0.2, 0.25) is 0 Å². The lowest BCUT2D eigenvalue weighted by atomic mass is 9.90. The van der Waals surface area contributed by atoms with E-state index in [0.29, 0.717) is 48.7 Å². The summed E-state index contributed by atoms with van der Waals surface area (Å²) < 4.78 is 32.2. The molecule has 0 amide bonds. The molecule has 2 aliphatic carbocycles. The van der Waals surface area contributed by atoms with Crippen molar-refractivity contribution >= 4 is 5.97 Å². The zero-order valence-corrected chi connectivity index (χ0v) is 49.9. The van der Waals surface area contributed by atoms with E-state index >= 15 is 0 Å². The smallest absolute Gasteiger partial charge is 0.308 e. The molecule has 1 aromatic rings. The molecule has 1 N–H and O–H groups in total. The quantitative estimate of drug-likeness (QED) is 0.102. The van der Waals surface area contributed by atoms with Crippen molar-refractivity contribution in [1.82, 2.24) is 0 Å². The van der Waals surface area contributed by atoms with Crippen LogP contribution in [0.2, 0.25) is 0 Å². The molecule has 1 aromatic carbocycles. The van der Waals surface area contributed by atoms with Crippen molar-refractivity contribution in [2.75, 3.05) is 19.8 Å². The van der Waals surface area contributed by atoms with E-state index in [4.69, 9.17) is 33.5 Å². The molecule has 0 atom stereocenters. The van der Waals surface area contributed by atoms with Crippen LogP contribution in [-0.4, -0.2) is 42.6 Å². The molecule has 2 fully saturated rings. The van der Waals surface area contributed by atoms with Gasteiger partial charge in [-0.25, -0.2) is 0 Å². The maximum absolute atomic E-state index is 11.2. The Kier molecular flexibility index (Phi) is 48.6. The SMILES string of the molecule is C.C=C(O)C(C)C.C=C(OC(C)(C)C)C(C)C.C=C(OC(C)C)C(C)C.C=C(OCC)C(C)C.C=C(OCC1CCCC1)C(C)C.C=C(OCc1ccccc1)C(C)C.CC(C)C(=O)OCC1CCCCC1. The molecular formula is C64H118O8. The van der Waals surface area contributed by atoms with Gasteiger partial charge >= 0.3 is 5.97 Å². The molecule has 8 heteroatoms. The van der Waals surface area contributed by atoms with E-state index in [2.05, 4.69) is 109 Å². The molecule has 8 nitrogen and oxygen atoms in total. The van der Waals surface area contributed by atoms with Crippen LogP contribution in [0.1, 0.15) is 209 Å². The Morgan fingerprint density at radius 3 is 1.18 bits per heavy atom. The molecule has 0 bridgehead atoms. The molecule has 0 radical (unpaired) electrons. The molecule has 2 aliphatic rings. The van der Waals surface area contributed by atoms with Gasteiger partial charge in [0.15, 0.2) is 0 Å². The summed E-state index contributed by atoms with van der Waals surface area (Å²) in [6.45, 7) is 65.7. The number of benzene rings is 1. The number of allylic oxidation sites excluding steroid dienone is 6. The summed E-state index contributed by atoms with van der Waals surface area (Å²) in [5, 5.41) is 8.44. The lowest BCUT2D eigenvalue weighted by molar-refractivity contribution is -0.149. The Morgan fingerprint density at radius 1 is 0.528 bits per heavy atom. The second-order valence-electron chi connectivity index (χ2n) is 22.1. The summed E-state index contributed by atoms with van der Waals surface area (Å²) in [7, 11) is 0. The van der Waals surface area contributed by atoms with Gasteiger partial charge in [0.25, 0.3) is 0 Å². The van der Waals surface area contributed by atoms with Crippen molar-refractivity contribution in [3.8, 4) is 0 Å². The Hall–Kier alpha value is -4.07. The molecule has 72 heavy (non-hydrogen) atoms. The summed E-state index contributed by atoms with van der Waals surface area (Å²) in [5.74, 6) is 8.47. The summed E-state index contributed by atoms with van der Waals surface area (Å²) in [6, 6.07) is 10.1. The number of ether oxygens (including phenoxy) is 6. The predicted octanol–water partition coefficient (Wildman–Crippen LogP) is 19.6. The topological polar surface area (TPSA) is 92.7 Å². The highest BCUT2D eigenvalue weighted by atomic mass is 16.5. The largest absolute Gasteiger partial charge is 0.513 e. The highest BCUT2D eigenvalue weighted by molar-refractivity contribution is 5.71.